The van der Waals surface area contributed by atoms with Gasteiger partial charge in [-0.05, 0) is 25.0 Å². The molecule has 6 heteroatoms. The average molecular weight is 292 g/mol. The summed E-state index contributed by atoms with van der Waals surface area (Å²) in [5.74, 6) is 0.452. The highest BCUT2D eigenvalue weighted by Gasteiger charge is 2.29. The van der Waals surface area contributed by atoms with E-state index < -0.39 is 10.0 Å². The zero-order valence-electron chi connectivity index (χ0n) is 11.0. The molecule has 0 amide bonds. The van der Waals surface area contributed by atoms with Crippen LogP contribution in [0, 0.1) is 0 Å². The highest BCUT2D eigenvalue weighted by Crippen LogP contribution is 2.22. The molecule has 0 aliphatic carbocycles. The molecule has 0 spiro atoms. The van der Waals surface area contributed by atoms with Gasteiger partial charge in [0.15, 0.2) is 0 Å². The van der Waals surface area contributed by atoms with Gasteiger partial charge >= 0.3 is 0 Å². The number of ether oxygens (including phenoxy) is 1. The monoisotopic (exact) mass is 292 g/mol. The Kier molecular flexibility index (Phi) is 3.58. The van der Waals surface area contributed by atoms with Crippen LogP contribution >= 0.6 is 0 Å². The first-order valence-electron chi connectivity index (χ1n) is 6.59. The van der Waals surface area contributed by atoms with Crippen LogP contribution in [0.25, 0.3) is 0 Å². The smallest absolute Gasteiger partial charge is 0.263 e. The van der Waals surface area contributed by atoms with Gasteiger partial charge in [-0.1, -0.05) is 23.8 Å². The molecule has 0 saturated heterocycles. The van der Waals surface area contributed by atoms with Crippen LogP contribution < -0.4 is 4.72 Å². The summed E-state index contributed by atoms with van der Waals surface area (Å²) in [6.45, 7) is 2.01. The van der Waals surface area contributed by atoms with Gasteiger partial charge in [0, 0.05) is 12.1 Å². The summed E-state index contributed by atoms with van der Waals surface area (Å²) in [6.07, 6.45) is 3.86. The van der Waals surface area contributed by atoms with E-state index in [1.54, 1.807) is 18.2 Å². The minimum Gasteiger partial charge on any atom is -0.377 e. The Labute approximate surface area is 118 Å². The molecule has 0 unspecified atom stereocenters. The van der Waals surface area contributed by atoms with Crippen LogP contribution in [0.15, 0.2) is 45.8 Å². The number of fused-ring (bicyclic) bond motifs is 1. The third-order valence-corrected chi connectivity index (χ3v) is 4.82. The largest absolute Gasteiger partial charge is 0.377 e. The van der Waals surface area contributed by atoms with Crippen LogP contribution in [0.1, 0.15) is 18.4 Å². The van der Waals surface area contributed by atoms with Gasteiger partial charge in [0.25, 0.3) is 10.0 Å². The van der Waals surface area contributed by atoms with Gasteiger partial charge in [-0.25, -0.2) is 8.42 Å². The standard InChI is InChI=1S/C14H16N2O3S/c17-20(18)13-4-2-1-3-12(13)14(16-20)15-8-5-11-6-9-19-10-7-11/h1-4,6H,5,7-10H2,(H,15,16). The molecule has 0 fully saturated rings. The zero-order chi connectivity index (χ0) is 14.0. The zero-order valence-corrected chi connectivity index (χ0v) is 11.8. The number of rotatable bonds is 3. The molecule has 0 aromatic heterocycles. The average Bonchev–Trinajstić information content (AvgIpc) is 2.72. The molecule has 0 atom stereocenters. The SMILES string of the molecule is O=S1(=O)NC(=NCCC2=CCOCC2)c2ccccc21. The van der Waals surface area contributed by atoms with E-state index in [2.05, 4.69) is 15.8 Å². The lowest BCUT2D eigenvalue weighted by Gasteiger charge is -2.12. The summed E-state index contributed by atoms with van der Waals surface area (Å²) in [5.41, 5.74) is 1.99. The van der Waals surface area contributed by atoms with Gasteiger partial charge in [-0.15, -0.1) is 0 Å². The number of nitrogens with zero attached hydrogens (tertiary/aromatic N) is 1. The predicted molar refractivity (Wildman–Crippen MR) is 76.3 cm³/mol. The van der Waals surface area contributed by atoms with Crippen LogP contribution in [-0.2, 0) is 14.8 Å². The number of amidine groups is 1. The fourth-order valence-corrected chi connectivity index (χ4v) is 3.61. The lowest BCUT2D eigenvalue weighted by molar-refractivity contribution is 0.153. The summed E-state index contributed by atoms with van der Waals surface area (Å²) < 4.78 is 31.6. The molecule has 0 radical (unpaired) electrons. The highest BCUT2D eigenvalue weighted by molar-refractivity contribution is 7.90. The van der Waals surface area contributed by atoms with Crippen LogP contribution in [0.3, 0.4) is 0 Å². The van der Waals surface area contributed by atoms with Crippen molar-refractivity contribution >= 4 is 15.9 Å². The molecule has 1 aromatic carbocycles. The molecule has 2 aliphatic heterocycles. The topological polar surface area (TPSA) is 67.8 Å². The summed E-state index contributed by atoms with van der Waals surface area (Å²) in [5, 5.41) is 0. The van der Waals surface area contributed by atoms with Gasteiger partial charge < -0.3 is 4.74 Å². The molecule has 3 rings (SSSR count). The molecule has 2 heterocycles. The molecule has 2 aliphatic rings. The molecule has 20 heavy (non-hydrogen) atoms. The number of aliphatic imine (C=N–C) groups is 1. The van der Waals surface area contributed by atoms with Gasteiger partial charge in [0.1, 0.15) is 5.84 Å². The van der Waals surface area contributed by atoms with Crippen molar-refractivity contribution in [1.29, 1.82) is 0 Å². The van der Waals surface area contributed by atoms with E-state index in [0.717, 1.165) is 19.4 Å². The molecule has 106 valence electrons. The van der Waals surface area contributed by atoms with E-state index >= 15 is 0 Å². The van der Waals surface area contributed by atoms with Crippen molar-refractivity contribution in [3.05, 3.63) is 41.5 Å². The van der Waals surface area contributed by atoms with Crippen LogP contribution in [-0.4, -0.2) is 34.0 Å². The lowest BCUT2D eigenvalue weighted by atomic mass is 10.1. The molecule has 1 aromatic rings. The van der Waals surface area contributed by atoms with Gasteiger partial charge in [0.2, 0.25) is 0 Å². The normalized spacial score (nSPS) is 22.2. The first-order chi connectivity index (χ1) is 9.67. The molecular weight excluding hydrogens is 276 g/mol. The van der Waals surface area contributed by atoms with E-state index in [9.17, 15) is 8.42 Å². The summed E-state index contributed by atoms with van der Waals surface area (Å²) in [6, 6.07) is 6.91. The Hall–Kier alpha value is -1.66. The number of hydrogen-bond donors (Lipinski definition) is 1. The Morgan fingerprint density at radius 1 is 1.30 bits per heavy atom. The quantitative estimate of drug-likeness (QED) is 0.858. The maximum Gasteiger partial charge on any atom is 0.263 e. The van der Waals surface area contributed by atoms with Crippen LogP contribution in [0.2, 0.25) is 0 Å². The minimum atomic E-state index is -3.43. The lowest BCUT2D eigenvalue weighted by Crippen LogP contribution is -2.22. The second-order valence-corrected chi connectivity index (χ2v) is 6.42. The first-order valence-corrected chi connectivity index (χ1v) is 8.07. The van der Waals surface area contributed by atoms with E-state index in [4.69, 9.17) is 4.74 Å². The van der Waals surface area contributed by atoms with Crippen LogP contribution in [0.4, 0.5) is 0 Å². The first kappa shape index (κ1) is 13.3. The van der Waals surface area contributed by atoms with Crippen molar-refractivity contribution in [2.45, 2.75) is 17.7 Å². The molecule has 0 bridgehead atoms. The Morgan fingerprint density at radius 3 is 2.95 bits per heavy atom. The van der Waals surface area contributed by atoms with E-state index in [0.29, 0.717) is 29.4 Å². The highest BCUT2D eigenvalue weighted by atomic mass is 32.2. The second kappa shape index (κ2) is 5.38. The molecular formula is C14H16N2O3S. The van der Waals surface area contributed by atoms with Gasteiger partial charge in [0.05, 0.1) is 18.1 Å². The van der Waals surface area contributed by atoms with Gasteiger partial charge in [-0.3, -0.25) is 9.71 Å². The second-order valence-electron chi connectivity index (χ2n) is 4.77. The van der Waals surface area contributed by atoms with Crippen molar-refractivity contribution in [2.75, 3.05) is 19.8 Å². The van der Waals surface area contributed by atoms with E-state index in [1.807, 2.05) is 6.07 Å². The van der Waals surface area contributed by atoms with Crippen molar-refractivity contribution in [2.24, 2.45) is 4.99 Å². The number of nitrogens with one attached hydrogen (secondary N) is 1. The summed E-state index contributed by atoms with van der Waals surface area (Å²) in [4.78, 5) is 4.71. The number of benzene rings is 1. The Bertz CT molecular complexity index is 677. The number of sulfonamides is 1. The molecule has 0 saturated carbocycles. The van der Waals surface area contributed by atoms with Crippen molar-refractivity contribution in [1.82, 2.24) is 4.72 Å². The fourth-order valence-electron chi connectivity index (χ4n) is 2.36. The fraction of sp³-hybridized carbons (Fsp3) is 0.357. The van der Waals surface area contributed by atoms with Crippen molar-refractivity contribution in [3.8, 4) is 0 Å². The minimum absolute atomic E-state index is 0.309. The van der Waals surface area contributed by atoms with Crippen molar-refractivity contribution in [3.63, 3.8) is 0 Å². The van der Waals surface area contributed by atoms with E-state index in [-0.39, 0.29) is 0 Å². The number of hydrogen-bond acceptors (Lipinski definition) is 4. The Morgan fingerprint density at radius 2 is 2.15 bits per heavy atom. The molecule has 5 nitrogen and oxygen atoms in total. The maximum absolute atomic E-state index is 11.9. The summed E-state index contributed by atoms with van der Waals surface area (Å²) in [7, 11) is -3.43. The van der Waals surface area contributed by atoms with Crippen LogP contribution in [0.5, 0.6) is 0 Å². The third-order valence-electron chi connectivity index (χ3n) is 3.42. The molecule has 1 N–H and O–H groups in total. The Balaban J connectivity index is 1.75. The van der Waals surface area contributed by atoms with Gasteiger partial charge in [-0.2, -0.15) is 0 Å². The van der Waals surface area contributed by atoms with Crippen molar-refractivity contribution < 1.29 is 13.2 Å². The maximum atomic E-state index is 11.9. The predicted octanol–water partition coefficient (Wildman–Crippen LogP) is 1.46. The summed E-state index contributed by atoms with van der Waals surface area (Å²) >= 11 is 0. The third kappa shape index (κ3) is 2.62. The van der Waals surface area contributed by atoms with E-state index in [1.165, 1.54) is 5.57 Å².